The molecule has 7 nitrogen and oxygen atoms in total. The normalized spacial score (nSPS) is 11.5. The monoisotopic (exact) mass is 257 g/mol. The van der Waals surface area contributed by atoms with Crippen LogP contribution in [0.2, 0.25) is 0 Å². The van der Waals surface area contributed by atoms with Crippen molar-refractivity contribution in [2.75, 3.05) is 6.54 Å². The Hall–Kier alpha value is -2.09. The highest BCUT2D eigenvalue weighted by Gasteiger charge is 2.22. The van der Waals surface area contributed by atoms with E-state index in [1.54, 1.807) is 17.5 Å². The second kappa shape index (κ2) is 5.85. The maximum Gasteiger partial charge on any atom is 0.331 e. The molecule has 0 aliphatic rings. The summed E-state index contributed by atoms with van der Waals surface area (Å²) >= 11 is 1.21. The zero-order valence-electron chi connectivity index (χ0n) is 8.67. The van der Waals surface area contributed by atoms with Gasteiger partial charge in [-0.2, -0.15) is 0 Å². The van der Waals surface area contributed by atoms with E-state index in [0.29, 0.717) is 4.88 Å². The molecule has 0 radical (unpaired) electrons. The Balaban J connectivity index is 2.59. The minimum atomic E-state index is -1.18. The summed E-state index contributed by atoms with van der Waals surface area (Å²) in [6.07, 6.45) is 0. The summed E-state index contributed by atoms with van der Waals surface area (Å²) < 4.78 is 0. The lowest BCUT2D eigenvalue weighted by Crippen LogP contribution is -2.43. The summed E-state index contributed by atoms with van der Waals surface area (Å²) in [6.45, 7) is -0.345. The van der Waals surface area contributed by atoms with Crippen molar-refractivity contribution in [3.05, 3.63) is 22.4 Å². The van der Waals surface area contributed by atoms with Crippen molar-refractivity contribution in [2.45, 2.75) is 6.04 Å². The van der Waals surface area contributed by atoms with Crippen molar-refractivity contribution >= 4 is 29.2 Å². The van der Waals surface area contributed by atoms with Gasteiger partial charge in [-0.3, -0.25) is 4.79 Å². The number of amides is 3. The molecule has 1 aromatic rings. The number of aliphatic carboxylic acids is 1. The minimum Gasteiger partial charge on any atom is -0.479 e. The van der Waals surface area contributed by atoms with E-state index in [4.69, 9.17) is 10.8 Å². The third-order valence-corrected chi connectivity index (χ3v) is 2.71. The first-order valence-electron chi connectivity index (χ1n) is 4.59. The molecule has 0 saturated carbocycles. The Kier molecular flexibility index (Phi) is 4.46. The van der Waals surface area contributed by atoms with Gasteiger partial charge in [-0.1, -0.05) is 6.07 Å². The maximum absolute atomic E-state index is 11.3. The highest BCUT2D eigenvalue weighted by molar-refractivity contribution is 7.10. The number of rotatable bonds is 5. The largest absolute Gasteiger partial charge is 0.479 e. The van der Waals surface area contributed by atoms with E-state index in [-0.39, 0.29) is 6.54 Å². The number of carboxylic acids is 1. The zero-order chi connectivity index (χ0) is 12.8. The van der Waals surface area contributed by atoms with Crippen LogP contribution in [0.1, 0.15) is 10.9 Å². The van der Waals surface area contributed by atoms with Crippen molar-refractivity contribution in [1.29, 1.82) is 0 Å². The quantitative estimate of drug-likeness (QED) is 0.576. The van der Waals surface area contributed by atoms with Gasteiger partial charge in [0.2, 0.25) is 5.91 Å². The molecule has 1 heterocycles. The fraction of sp³-hybridized carbons (Fsp3) is 0.222. The topological polar surface area (TPSA) is 122 Å². The summed E-state index contributed by atoms with van der Waals surface area (Å²) in [5.74, 6) is -1.88. The molecule has 17 heavy (non-hydrogen) atoms. The number of urea groups is 1. The lowest BCUT2D eigenvalue weighted by molar-refractivity contribution is -0.139. The Morgan fingerprint density at radius 2 is 2.18 bits per heavy atom. The Bertz CT molecular complexity index is 418. The number of hydrogen-bond donors (Lipinski definition) is 4. The summed E-state index contributed by atoms with van der Waals surface area (Å²) in [4.78, 5) is 33.1. The highest BCUT2D eigenvalue weighted by atomic mass is 32.1. The molecule has 0 bridgehead atoms. The first-order valence-corrected chi connectivity index (χ1v) is 5.47. The third kappa shape index (κ3) is 4.11. The van der Waals surface area contributed by atoms with Crippen molar-refractivity contribution in [3.63, 3.8) is 0 Å². The molecule has 5 N–H and O–H groups in total. The van der Waals surface area contributed by atoms with Gasteiger partial charge in [-0.05, 0) is 11.4 Å². The molecule has 3 amide bonds. The van der Waals surface area contributed by atoms with Crippen LogP contribution < -0.4 is 16.4 Å². The van der Waals surface area contributed by atoms with Gasteiger partial charge < -0.3 is 21.5 Å². The number of nitrogens with two attached hydrogens (primary N) is 1. The van der Waals surface area contributed by atoms with E-state index in [0.717, 1.165) is 0 Å². The number of carbonyl (C=O) groups excluding carboxylic acids is 2. The van der Waals surface area contributed by atoms with Crippen LogP contribution in [-0.4, -0.2) is 29.6 Å². The van der Waals surface area contributed by atoms with Crippen LogP contribution in [0.3, 0.4) is 0 Å². The number of carboxylic acid groups (broad SMARTS) is 1. The molecular weight excluding hydrogens is 246 g/mol. The predicted molar refractivity (Wildman–Crippen MR) is 60.4 cm³/mol. The molecule has 0 aromatic carbocycles. The molecule has 1 atom stereocenters. The van der Waals surface area contributed by atoms with Crippen molar-refractivity contribution in [2.24, 2.45) is 5.73 Å². The summed E-state index contributed by atoms with van der Waals surface area (Å²) in [5, 5.41) is 15.0. The van der Waals surface area contributed by atoms with Crippen LogP contribution in [0, 0.1) is 0 Å². The zero-order valence-corrected chi connectivity index (χ0v) is 9.49. The second-order valence-electron chi connectivity index (χ2n) is 3.08. The highest BCUT2D eigenvalue weighted by Crippen LogP contribution is 2.18. The van der Waals surface area contributed by atoms with E-state index in [2.05, 4.69) is 10.6 Å². The van der Waals surface area contributed by atoms with Crippen LogP contribution in [0.25, 0.3) is 0 Å². The van der Waals surface area contributed by atoms with Crippen molar-refractivity contribution in [3.8, 4) is 0 Å². The van der Waals surface area contributed by atoms with E-state index in [1.807, 2.05) is 0 Å². The second-order valence-corrected chi connectivity index (χ2v) is 4.06. The maximum atomic E-state index is 11.3. The molecule has 1 aromatic heterocycles. The molecule has 8 heteroatoms. The lowest BCUT2D eigenvalue weighted by atomic mass is 10.2. The van der Waals surface area contributed by atoms with Gasteiger partial charge in [0.15, 0.2) is 6.04 Å². The molecule has 0 saturated heterocycles. The van der Waals surface area contributed by atoms with Crippen molar-refractivity contribution < 1.29 is 19.5 Å². The fourth-order valence-corrected chi connectivity index (χ4v) is 1.83. The van der Waals surface area contributed by atoms with Gasteiger partial charge >= 0.3 is 12.0 Å². The number of primary amides is 1. The van der Waals surface area contributed by atoms with Gasteiger partial charge in [0.1, 0.15) is 0 Å². The molecule has 1 unspecified atom stereocenters. The van der Waals surface area contributed by atoms with Crippen molar-refractivity contribution in [1.82, 2.24) is 10.6 Å². The minimum absolute atomic E-state index is 0.345. The van der Waals surface area contributed by atoms with E-state index in [9.17, 15) is 14.4 Å². The van der Waals surface area contributed by atoms with Gasteiger partial charge in [0, 0.05) is 4.88 Å². The Labute approximate surface area is 101 Å². The lowest BCUT2D eigenvalue weighted by Gasteiger charge is -2.13. The Morgan fingerprint density at radius 3 is 2.65 bits per heavy atom. The predicted octanol–water partition coefficient (Wildman–Crippen LogP) is -0.342. The van der Waals surface area contributed by atoms with Gasteiger partial charge in [0.25, 0.3) is 0 Å². The van der Waals surface area contributed by atoms with Crippen LogP contribution >= 0.6 is 11.3 Å². The molecular formula is C9H11N3O4S. The summed E-state index contributed by atoms with van der Waals surface area (Å²) in [5.41, 5.74) is 4.83. The number of carbonyl (C=O) groups is 3. The Morgan fingerprint density at radius 1 is 1.47 bits per heavy atom. The van der Waals surface area contributed by atoms with E-state index in [1.165, 1.54) is 11.3 Å². The average molecular weight is 257 g/mol. The number of thiophene rings is 1. The van der Waals surface area contributed by atoms with Gasteiger partial charge in [0.05, 0.1) is 6.54 Å². The molecule has 92 valence electrons. The van der Waals surface area contributed by atoms with E-state index < -0.39 is 23.9 Å². The SMILES string of the molecule is NC(=O)CNC(=O)NC(C(=O)O)c1cccs1. The van der Waals surface area contributed by atoms with Gasteiger partial charge in [-0.15, -0.1) is 11.3 Å². The molecule has 1 rings (SSSR count). The molecule has 0 fully saturated rings. The smallest absolute Gasteiger partial charge is 0.331 e. The van der Waals surface area contributed by atoms with Crippen LogP contribution in [0.15, 0.2) is 17.5 Å². The standard InChI is InChI=1S/C9H11N3O4S/c10-6(13)4-11-9(16)12-7(8(14)15)5-2-1-3-17-5/h1-3,7H,4H2,(H2,10,13)(H,14,15)(H2,11,12,16). The third-order valence-electron chi connectivity index (χ3n) is 1.77. The van der Waals surface area contributed by atoms with Crippen LogP contribution in [0.4, 0.5) is 4.79 Å². The summed E-state index contributed by atoms with van der Waals surface area (Å²) in [6, 6.07) is 1.38. The van der Waals surface area contributed by atoms with Crippen LogP contribution in [0.5, 0.6) is 0 Å². The first-order chi connectivity index (χ1) is 8.00. The summed E-state index contributed by atoms with van der Waals surface area (Å²) in [7, 11) is 0. The molecule has 0 spiro atoms. The molecule has 0 aliphatic heterocycles. The number of hydrogen-bond acceptors (Lipinski definition) is 4. The number of nitrogens with one attached hydrogen (secondary N) is 2. The molecule has 0 aliphatic carbocycles. The fourth-order valence-electron chi connectivity index (χ4n) is 1.06. The first kappa shape index (κ1) is 13.0. The van der Waals surface area contributed by atoms with E-state index >= 15 is 0 Å². The van der Waals surface area contributed by atoms with Crippen LogP contribution in [-0.2, 0) is 9.59 Å². The average Bonchev–Trinajstić information content (AvgIpc) is 2.75. The van der Waals surface area contributed by atoms with Gasteiger partial charge in [-0.25, -0.2) is 9.59 Å².